The molecule has 0 saturated carbocycles. The van der Waals surface area contributed by atoms with E-state index in [2.05, 4.69) is 45.1 Å². The van der Waals surface area contributed by atoms with Crippen molar-refractivity contribution in [3.63, 3.8) is 0 Å². The molecule has 0 atom stereocenters. The molecule has 0 radical (unpaired) electrons. The molecular formula is C9H14BrN3. The molecule has 0 aliphatic heterocycles. The Kier molecular flexibility index (Phi) is 4.15. The molecule has 72 valence electrons. The van der Waals surface area contributed by atoms with E-state index in [1.807, 2.05) is 6.07 Å². The van der Waals surface area contributed by atoms with Crippen molar-refractivity contribution in [2.75, 3.05) is 5.32 Å². The number of nitrogens with zero attached hydrogens (tertiary/aromatic N) is 2. The van der Waals surface area contributed by atoms with Crippen molar-refractivity contribution in [1.82, 2.24) is 9.97 Å². The zero-order valence-electron chi connectivity index (χ0n) is 7.92. The summed E-state index contributed by atoms with van der Waals surface area (Å²) in [5, 5.41) is 3.34. The Morgan fingerprint density at radius 2 is 2.08 bits per heavy atom. The van der Waals surface area contributed by atoms with Crippen LogP contribution in [0.15, 0.2) is 17.0 Å². The third-order valence-electron chi connectivity index (χ3n) is 1.97. The number of aromatic nitrogens is 2. The Hall–Kier alpha value is -0.640. The lowest BCUT2D eigenvalue weighted by Gasteiger charge is -2.14. The maximum atomic E-state index is 4.12. The summed E-state index contributed by atoms with van der Waals surface area (Å²) in [6.45, 7) is 4.33. The van der Waals surface area contributed by atoms with E-state index in [0.717, 1.165) is 23.3 Å². The summed E-state index contributed by atoms with van der Waals surface area (Å²) in [6.07, 6.45) is 3.77. The number of hydrogen-bond acceptors (Lipinski definition) is 3. The predicted octanol–water partition coefficient (Wildman–Crippen LogP) is 2.84. The van der Waals surface area contributed by atoms with E-state index in [0.29, 0.717) is 6.04 Å². The van der Waals surface area contributed by atoms with Gasteiger partial charge >= 0.3 is 0 Å². The SMILES string of the molecule is CCC(CC)Nc1cc(Br)ncn1. The molecule has 4 heteroatoms. The average molecular weight is 244 g/mol. The standard InChI is InChI=1S/C9H14BrN3/c1-3-7(4-2)13-9-5-8(10)11-6-12-9/h5-7H,3-4H2,1-2H3,(H,11,12,13). The molecule has 0 saturated heterocycles. The maximum absolute atomic E-state index is 4.12. The summed E-state index contributed by atoms with van der Waals surface area (Å²) in [5.74, 6) is 0.885. The van der Waals surface area contributed by atoms with Gasteiger partial charge in [0, 0.05) is 12.1 Å². The topological polar surface area (TPSA) is 37.8 Å². The molecular weight excluding hydrogens is 230 g/mol. The molecule has 0 unspecified atom stereocenters. The van der Waals surface area contributed by atoms with Crippen LogP contribution < -0.4 is 5.32 Å². The van der Waals surface area contributed by atoms with Crippen LogP contribution in [0.2, 0.25) is 0 Å². The van der Waals surface area contributed by atoms with Gasteiger partial charge in [0.05, 0.1) is 0 Å². The van der Waals surface area contributed by atoms with Gasteiger partial charge in [0.15, 0.2) is 0 Å². The molecule has 0 bridgehead atoms. The van der Waals surface area contributed by atoms with E-state index in [1.54, 1.807) is 6.33 Å². The minimum atomic E-state index is 0.502. The number of halogens is 1. The lowest BCUT2D eigenvalue weighted by molar-refractivity contribution is 0.668. The van der Waals surface area contributed by atoms with Gasteiger partial charge in [-0.25, -0.2) is 9.97 Å². The van der Waals surface area contributed by atoms with E-state index in [4.69, 9.17) is 0 Å². The van der Waals surface area contributed by atoms with Crippen molar-refractivity contribution in [2.24, 2.45) is 0 Å². The third-order valence-corrected chi connectivity index (χ3v) is 2.40. The van der Waals surface area contributed by atoms with Gasteiger partial charge in [-0.2, -0.15) is 0 Å². The van der Waals surface area contributed by atoms with Crippen LogP contribution in [0, 0.1) is 0 Å². The van der Waals surface area contributed by atoms with E-state index in [1.165, 1.54) is 0 Å². The maximum Gasteiger partial charge on any atom is 0.130 e. The summed E-state index contributed by atoms with van der Waals surface area (Å²) in [4.78, 5) is 8.09. The molecule has 0 aliphatic carbocycles. The molecule has 1 rings (SSSR count). The summed E-state index contributed by atoms with van der Waals surface area (Å²) < 4.78 is 0.816. The minimum absolute atomic E-state index is 0.502. The molecule has 13 heavy (non-hydrogen) atoms. The van der Waals surface area contributed by atoms with Crippen LogP contribution in [0.1, 0.15) is 26.7 Å². The summed E-state index contributed by atoms with van der Waals surface area (Å²) in [7, 11) is 0. The molecule has 0 spiro atoms. The first-order valence-electron chi connectivity index (χ1n) is 4.50. The van der Waals surface area contributed by atoms with E-state index in [-0.39, 0.29) is 0 Å². The van der Waals surface area contributed by atoms with Crippen molar-refractivity contribution >= 4 is 21.7 Å². The molecule has 0 fully saturated rings. The van der Waals surface area contributed by atoms with Crippen molar-refractivity contribution in [3.05, 3.63) is 17.0 Å². The Bertz CT molecular complexity index is 261. The highest BCUT2D eigenvalue weighted by Gasteiger charge is 2.03. The van der Waals surface area contributed by atoms with E-state index >= 15 is 0 Å². The van der Waals surface area contributed by atoms with Gasteiger partial charge in [-0.15, -0.1) is 0 Å². The highest BCUT2D eigenvalue weighted by atomic mass is 79.9. The summed E-state index contributed by atoms with van der Waals surface area (Å²) in [6, 6.07) is 2.39. The fourth-order valence-corrected chi connectivity index (χ4v) is 1.42. The molecule has 0 aromatic carbocycles. The monoisotopic (exact) mass is 243 g/mol. The van der Waals surface area contributed by atoms with Crippen LogP contribution in [0.3, 0.4) is 0 Å². The Morgan fingerprint density at radius 1 is 1.38 bits per heavy atom. The second-order valence-electron chi connectivity index (χ2n) is 2.88. The zero-order chi connectivity index (χ0) is 9.68. The molecule has 3 nitrogen and oxygen atoms in total. The largest absolute Gasteiger partial charge is 0.367 e. The van der Waals surface area contributed by atoms with Gasteiger partial charge < -0.3 is 5.32 Å². The first kappa shape index (κ1) is 10.4. The van der Waals surface area contributed by atoms with Gasteiger partial charge in [-0.1, -0.05) is 13.8 Å². The number of rotatable bonds is 4. The summed E-state index contributed by atoms with van der Waals surface area (Å²) >= 11 is 3.30. The third kappa shape index (κ3) is 3.30. The lowest BCUT2D eigenvalue weighted by Crippen LogP contribution is -2.17. The highest BCUT2D eigenvalue weighted by molar-refractivity contribution is 9.10. The average Bonchev–Trinajstić information content (AvgIpc) is 2.14. The second-order valence-corrected chi connectivity index (χ2v) is 3.70. The first-order chi connectivity index (χ1) is 6.26. The van der Waals surface area contributed by atoms with Crippen LogP contribution >= 0.6 is 15.9 Å². The van der Waals surface area contributed by atoms with Gasteiger partial charge in [0.2, 0.25) is 0 Å². The zero-order valence-corrected chi connectivity index (χ0v) is 9.50. The van der Waals surface area contributed by atoms with Crippen LogP contribution in [0.4, 0.5) is 5.82 Å². The number of nitrogens with one attached hydrogen (secondary N) is 1. The van der Waals surface area contributed by atoms with Crippen molar-refractivity contribution in [3.8, 4) is 0 Å². The minimum Gasteiger partial charge on any atom is -0.367 e. The highest BCUT2D eigenvalue weighted by Crippen LogP contribution is 2.12. The lowest BCUT2D eigenvalue weighted by atomic mass is 10.2. The van der Waals surface area contributed by atoms with Crippen LogP contribution in [-0.4, -0.2) is 16.0 Å². The smallest absolute Gasteiger partial charge is 0.130 e. The van der Waals surface area contributed by atoms with Gasteiger partial charge in [0.25, 0.3) is 0 Å². The second kappa shape index (κ2) is 5.17. The normalized spacial score (nSPS) is 10.5. The van der Waals surface area contributed by atoms with Crippen LogP contribution in [-0.2, 0) is 0 Å². The molecule has 1 heterocycles. The van der Waals surface area contributed by atoms with Crippen LogP contribution in [0.25, 0.3) is 0 Å². The van der Waals surface area contributed by atoms with Crippen LogP contribution in [0.5, 0.6) is 0 Å². The fraction of sp³-hybridized carbons (Fsp3) is 0.556. The quantitative estimate of drug-likeness (QED) is 0.827. The summed E-state index contributed by atoms with van der Waals surface area (Å²) in [5.41, 5.74) is 0. The Morgan fingerprint density at radius 3 is 2.62 bits per heavy atom. The van der Waals surface area contributed by atoms with Crippen molar-refractivity contribution in [1.29, 1.82) is 0 Å². The number of hydrogen-bond donors (Lipinski definition) is 1. The molecule has 1 N–H and O–H groups in total. The molecule has 1 aromatic rings. The van der Waals surface area contributed by atoms with Crippen molar-refractivity contribution in [2.45, 2.75) is 32.7 Å². The Balaban J connectivity index is 2.62. The molecule has 0 amide bonds. The van der Waals surface area contributed by atoms with Gasteiger partial charge in [-0.3, -0.25) is 0 Å². The van der Waals surface area contributed by atoms with E-state index < -0.39 is 0 Å². The predicted molar refractivity (Wildman–Crippen MR) is 57.7 cm³/mol. The molecule has 1 aromatic heterocycles. The van der Waals surface area contributed by atoms with Gasteiger partial charge in [-0.05, 0) is 28.8 Å². The van der Waals surface area contributed by atoms with Crippen molar-refractivity contribution < 1.29 is 0 Å². The van der Waals surface area contributed by atoms with E-state index in [9.17, 15) is 0 Å². The Labute approximate surface area is 87.1 Å². The fourth-order valence-electron chi connectivity index (χ4n) is 1.11. The molecule has 0 aliphatic rings. The number of anilines is 1. The first-order valence-corrected chi connectivity index (χ1v) is 5.29. The van der Waals surface area contributed by atoms with Gasteiger partial charge in [0.1, 0.15) is 16.7 Å².